The van der Waals surface area contributed by atoms with E-state index in [2.05, 4.69) is 15.4 Å². The van der Waals surface area contributed by atoms with Crippen LogP contribution in [-0.4, -0.2) is 41.5 Å². The van der Waals surface area contributed by atoms with Crippen LogP contribution in [0, 0.1) is 6.92 Å². The van der Waals surface area contributed by atoms with Crippen molar-refractivity contribution in [1.29, 1.82) is 0 Å². The van der Waals surface area contributed by atoms with Gasteiger partial charge >= 0.3 is 0 Å². The topological polar surface area (TPSA) is 86.7 Å². The van der Waals surface area contributed by atoms with E-state index in [9.17, 15) is 0 Å². The highest BCUT2D eigenvalue weighted by Crippen LogP contribution is 2.32. The molecule has 26 heavy (non-hydrogen) atoms. The summed E-state index contributed by atoms with van der Waals surface area (Å²) in [6, 6.07) is 7.42. The first-order valence-electron chi connectivity index (χ1n) is 8.19. The molecule has 0 fully saturated rings. The van der Waals surface area contributed by atoms with Gasteiger partial charge in [-0.2, -0.15) is 9.61 Å². The average Bonchev–Trinajstić information content (AvgIpc) is 3.02. The molecule has 3 rings (SSSR count). The van der Waals surface area contributed by atoms with E-state index >= 15 is 0 Å². The molecule has 0 amide bonds. The van der Waals surface area contributed by atoms with Crippen LogP contribution in [0.4, 0.5) is 11.6 Å². The Balaban J connectivity index is 2.11. The van der Waals surface area contributed by atoms with Crippen molar-refractivity contribution in [2.24, 2.45) is 0 Å². The number of hydrogen-bond donors (Lipinski definition) is 2. The van der Waals surface area contributed by atoms with Gasteiger partial charge in [0, 0.05) is 30.3 Å². The highest BCUT2D eigenvalue weighted by atomic mass is 35.5. The zero-order chi connectivity index (χ0) is 18.8. The SMILES string of the molecule is COCC(C)Nc1c(C)c(N)nc2cc(-c3ccc(OC)cc3Cl)nn12. The highest BCUT2D eigenvalue weighted by Gasteiger charge is 2.17. The molecule has 138 valence electrons. The molecule has 0 saturated carbocycles. The van der Waals surface area contributed by atoms with E-state index in [0.717, 1.165) is 16.9 Å². The quantitative estimate of drug-likeness (QED) is 0.686. The maximum absolute atomic E-state index is 6.39. The second kappa shape index (κ2) is 7.39. The molecule has 0 radical (unpaired) electrons. The summed E-state index contributed by atoms with van der Waals surface area (Å²) in [4.78, 5) is 4.44. The van der Waals surface area contributed by atoms with E-state index in [-0.39, 0.29) is 6.04 Å². The predicted octanol–water partition coefficient (Wildman–Crippen LogP) is 3.40. The minimum absolute atomic E-state index is 0.0842. The number of aromatic nitrogens is 3. The summed E-state index contributed by atoms with van der Waals surface area (Å²) in [5, 5.41) is 8.63. The van der Waals surface area contributed by atoms with Gasteiger partial charge in [0.1, 0.15) is 17.4 Å². The van der Waals surface area contributed by atoms with Crippen LogP contribution in [0.15, 0.2) is 24.3 Å². The summed E-state index contributed by atoms with van der Waals surface area (Å²) in [5.41, 5.74) is 9.06. The molecule has 3 aromatic rings. The first-order chi connectivity index (χ1) is 12.4. The molecule has 3 N–H and O–H groups in total. The molecular formula is C18H22ClN5O2. The van der Waals surface area contributed by atoms with Crippen LogP contribution in [0.2, 0.25) is 5.02 Å². The lowest BCUT2D eigenvalue weighted by Gasteiger charge is -2.17. The fourth-order valence-corrected chi connectivity index (χ4v) is 3.03. The Kier molecular flexibility index (Phi) is 5.20. The molecule has 7 nitrogen and oxygen atoms in total. The van der Waals surface area contributed by atoms with Crippen molar-refractivity contribution in [1.82, 2.24) is 14.6 Å². The number of nitrogens with zero attached hydrogens (tertiary/aromatic N) is 3. The molecule has 0 saturated heterocycles. The number of nitrogens with one attached hydrogen (secondary N) is 1. The largest absolute Gasteiger partial charge is 0.497 e. The Bertz CT molecular complexity index is 941. The number of anilines is 2. The molecular weight excluding hydrogens is 354 g/mol. The molecule has 1 unspecified atom stereocenters. The fourth-order valence-electron chi connectivity index (χ4n) is 2.76. The molecule has 2 aromatic heterocycles. The zero-order valence-corrected chi connectivity index (χ0v) is 16.0. The zero-order valence-electron chi connectivity index (χ0n) is 15.2. The maximum Gasteiger partial charge on any atom is 0.160 e. The molecule has 0 bridgehead atoms. The van der Waals surface area contributed by atoms with Crippen LogP contribution in [0.1, 0.15) is 12.5 Å². The van der Waals surface area contributed by atoms with E-state index in [1.807, 2.05) is 32.0 Å². The molecule has 0 aliphatic carbocycles. The van der Waals surface area contributed by atoms with Crippen LogP contribution in [-0.2, 0) is 4.74 Å². The minimum Gasteiger partial charge on any atom is -0.497 e. The van der Waals surface area contributed by atoms with Crippen molar-refractivity contribution in [3.05, 3.63) is 34.9 Å². The van der Waals surface area contributed by atoms with Crippen LogP contribution in [0.5, 0.6) is 5.75 Å². The van der Waals surface area contributed by atoms with Crippen LogP contribution < -0.4 is 15.8 Å². The lowest BCUT2D eigenvalue weighted by atomic mass is 10.1. The summed E-state index contributed by atoms with van der Waals surface area (Å²) in [7, 11) is 3.27. The molecule has 2 heterocycles. The number of hydrogen-bond acceptors (Lipinski definition) is 6. The third-order valence-corrected chi connectivity index (χ3v) is 4.44. The van der Waals surface area contributed by atoms with Crippen molar-refractivity contribution < 1.29 is 9.47 Å². The van der Waals surface area contributed by atoms with Gasteiger partial charge < -0.3 is 20.5 Å². The Hall–Kier alpha value is -2.51. The standard InChI is InChI=1S/C18H22ClN5O2/c1-10(9-25-3)21-18-11(2)17(20)22-16-8-15(23-24(16)18)13-6-5-12(26-4)7-14(13)19/h5-8,10,21H,9H2,1-4H3,(H2,20,22). The van der Waals surface area contributed by atoms with E-state index in [0.29, 0.717) is 34.5 Å². The Morgan fingerprint density at radius 3 is 2.73 bits per heavy atom. The lowest BCUT2D eigenvalue weighted by Crippen LogP contribution is -2.23. The van der Waals surface area contributed by atoms with Crippen LogP contribution in [0.25, 0.3) is 16.9 Å². The van der Waals surface area contributed by atoms with Crippen molar-refractivity contribution in [2.45, 2.75) is 19.9 Å². The van der Waals surface area contributed by atoms with Gasteiger partial charge in [0.05, 0.1) is 24.4 Å². The smallest absolute Gasteiger partial charge is 0.160 e. The van der Waals surface area contributed by atoms with Crippen molar-refractivity contribution in [2.75, 3.05) is 31.9 Å². The number of fused-ring (bicyclic) bond motifs is 1. The first-order valence-corrected chi connectivity index (χ1v) is 8.57. The van der Waals surface area contributed by atoms with Crippen molar-refractivity contribution in [3.8, 4) is 17.0 Å². The normalized spacial score (nSPS) is 12.3. The minimum atomic E-state index is 0.0842. The number of rotatable bonds is 6. The Morgan fingerprint density at radius 1 is 1.31 bits per heavy atom. The summed E-state index contributed by atoms with van der Waals surface area (Å²) in [5.74, 6) is 1.93. The molecule has 0 aliphatic rings. The third kappa shape index (κ3) is 3.40. The molecule has 8 heteroatoms. The van der Waals surface area contributed by atoms with Gasteiger partial charge in [-0.25, -0.2) is 4.98 Å². The Morgan fingerprint density at radius 2 is 2.08 bits per heavy atom. The second-order valence-corrected chi connectivity index (χ2v) is 6.52. The number of ether oxygens (including phenoxy) is 2. The molecule has 1 atom stereocenters. The monoisotopic (exact) mass is 375 g/mol. The molecule has 1 aromatic carbocycles. The summed E-state index contributed by atoms with van der Waals surface area (Å²) in [6.45, 7) is 4.49. The van der Waals surface area contributed by atoms with Gasteiger partial charge in [-0.05, 0) is 32.0 Å². The summed E-state index contributed by atoms with van der Waals surface area (Å²) < 4.78 is 12.1. The van der Waals surface area contributed by atoms with Gasteiger partial charge in [-0.15, -0.1) is 0 Å². The highest BCUT2D eigenvalue weighted by molar-refractivity contribution is 6.33. The van der Waals surface area contributed by atoms with E-state index in [1.165, 1.54) is 0 Å². The summed E-state index contributed by atoms with van der Waals surface area (Å²) >= 11 is 6.39. The lowest BCUT2D eigenvalue weighted by molar-refractivity contribution is 0.190. The number of nitrogens with two attached hydrogens (primary N) is 1. The van der Waals surface area contributed by atoms with Gasteiger partial charge in [0.25, 0.3) is 0 Å². The number of methoxy groups -OCH3 is 2. The van der Waals surface area contributed by atoms with Crippen LogP contribution in [0.3, 0.4) is 0 Å². The molecule has 0 spiro atoms. The van der Waals surface area contributed by atoms with Crippen molar-refractivity contribution >= 4 is 28.9 Å². The predicted molar refractivity (Wildman–Crippen MR) is 104 cm³/mol. The average molecular weight is 376 g/mol. The van der Waals surface area contributed by atoms with Gasteiger partial charge in [-0.1, -0.05) is 11.6 Å². The van der Waals surface area contributed by atoms with E-state index < -0.39 is 0 Å². The molecule has 0 aliphatic heterocycles. The number of benzene rings is 1. The Labute approximate surface area is 157 Å². The summed E-state index contributed by atoms with van der Waals surface area (Å²) in [6.07, 6.45) is 0. The van der Waals surface area contributed by atoms with Gasteiger partial charge in [-0.3, -0.25) is 0 Å². The number of halogens is 1. The van der Waals surface area contributed by atoms with Crippen molar-refractivity contribution in [3.63, 3.8) is 0 Å². The van der Waals surface area contributed by atoms with Crippen LogP contribution >= 0.6 is 11.6 Å². The fraction of sp³-hybridized carbons (Fsp3) is 0.333. The van der Waals surface area contributed by atoms with Gasteiger partial charge in [0.15, 0.2) is 5.65 Å². The number of nitrogen functional groups attached to an aromatic ring is 1. The van der Waals surface area contributed by atoms with E-state index in [4.69, 9.17) is 26.8 Å². The van der Waals surface area contributed by atoms with E-state index in [1.54, 1.807) is 24.8 Å². The second-order valence-electron chi connectivity index (χ2n) is 6.12. The van der Waals surface area contributed by atoms with Gasteiger partial charge in [0.2, 0.25) is 0 Å². The third-order valence-electron chi connectivity index (χ3n) is 4.13. The maximum atomic E-state index is 6.39. The first kappa shape index (κ1) is 18.3.